The van der Waals surface area contributed by atoms with Gasteiger partial charge in [-0.15, -0.1) is 0 Å². The third-order valence-electron chi connectivity index (χ3n) is 2.81. The predicted molar refractivity (Wildman–Crippen MR) is 77.0 cm³/mol. The summed E-state index contributed by atoms with van der Waals surface area (Å²) in [6.45, 7) is 5.49. The summed E-state index contributed by atoms with van der Waals surface area (Å²) in [5.41, 5.74) is 1.65. The summed E-state index contributed by atoms with van der Waals surface area (Å²) in [5.74, 6) is -0.198. The van der Waals surface area contributed by atoms with Crippen molar-refractivity contribution in [1.82, 2.24) is 5.32 Å². The lowest BCUT2D eigenvalue weighted by Gasteiger charge is -2.20. The van der Waals surface area contributed by atoms with Crippen LogP contribution in [0.15, 0.2) is 18.2 Å². The minimum absolute atomic E-state index is 0.0307. The first-order chi connectivity index (χ1) is 8.64. The fourth-order valence-electron chi connectivity index (χ4n) is 1.73. The van der Waals surface area contributed by atoms with Crippen LogP contribution >= 0.6 is 0 Å². The van der Waals surface area contributed by atoms with Gasteiger partial charge in [-0.2, -0.15) is 0 Å². The van der Waals surface area contributed by atoms with Crippen LogP contribution in [0.2, 0.25) is 0 Å². The smallest absolute Gasteiger partial charge is 0.251 e. The van der Waals surface area contributed by atoms with Gasteiger partial charge in [0.2, 0.25) is 10.0 Å². The highest BCUT2D eigenvalue weighted by Crippen LogP contribution is 2.24. The van der Waals surface area contributed by atoms with E-state index in [4.69, 9.17) is 0 Å². The molecule has 0 spiro atoms. The molecule has 0 saturated heterocycles. The highest BCUT2D eigenvalue weighted by molar-refractivity contribution is 7.92. The van der Waals surface area contributed by atoms with Crippen molar-refractivity contribution in [2.45, 2.75) is 26.8 Å². The Morgan fingerprint density at radius 2 is 1.89 bits per heavy atom. The van der Waals surface area contributed by atoms with E-state index in [0.29, 0.717) is 16.8 Å². The number of carbonyl (C=O) groups is 1. The van der Waals surface area contributed by atoms with Gasteiger partial charge in [-0.25, -0.2) is 8.42 Å². The zero-order valence-corrected chi connectivity index (χ0v) is 12.7. The van der Waals surface area contributed by atoms with Crippen molar-refractivity contribution >= 4 is 21.6 Å². The number of anilines is 1. The third-order valence-corrected chi connectivity index (χ3v) is 4.00. The van der Waals surface area contributed by atoms with E-state index in [1.165, 1.54) is 11.4 Å². The van der Waals surface area contributed by atoms with Gasteiger partial charge in [0.25, 0.3) is 5.91 Å². The standard InChI is InChI=1S/C13H20N2O3S/c1-9(2)14-13(16)11-7-6-8-12(10(11)3)15(4)19(5,17)18/h6-9H,1-5H3,(H,14,16). The van der Waals surface area contributed by atoms with Gasteiger partial charge in [0.05, 0.1) is 11.9 Å². The molecule has 5 nitrogen and oxygen atoms in total. The number of sulfonamides is 1. The Bertz CT molecular complexity index is 580. The number of nitrogens with zero attached hydrogens (tertiary/aromatic N) is 1. The van der Waals surface area contributed by atoms with Crippen molar-refractivity contribution in [2.75, 3.05) is 17.6 Å². The molecular formula is C13H20N2O3S. The van der Waals surface area contributed by atoms with Crippen LogP contribution in [0.5, 0.6) is 0 Å². The van der Waals surface area contributed by atoms with Crippen LogP contribution in [0.1, 0.15) is 29.8 Å². The van der Waals surface area contributed by atoms with Crippen LogP contribution in [0, 0.1) is 6.92 Å². The fraction of sp³-hybridized carbons (Fsp3) is 0.462. The fourth-order valence-corrected chi connectivity index (χ4v) is 2.28. The second-order valence-corrected chi connectivity index (χ2v) is 6.82. The number of benzene rings is 1. The Balaban J connectivity index is 3.23. The van der Waals surface area contributed by atoms with Crippen LogP contribution in [-0.2, 0) is 10.0 Å². The minimum Gasteiger partial charge on any atom is -0.350 e. The van der Waals surface area contributed by atoms with Crippen LogP contribution < -0.4 is 9.62 Å². The molecule has 0 heterocycles. The Morgan fingerprint density at radius 3 is 2.37 bits per heavy atom. The van der Waals surface area contributed by atoms with E-state index >= 15 is 0 Å². The predicted octanol–water partition coefficient (Wildman–Crippen LogP) is 1.53. The second-order valence-electron chi connectivity index (χ2n) is 4.81. The molecule has 19 heavy (non-hydrogen) atoms. The lowest BCUT2D eigenvalue weighted by Crippen LogP contribution is -2.31. The molecule has 0 radical (unpaired) electrons. The molecule has 1 rings (SSSR count). The molecule has 0 saturated carbocycles. The molecule has 1 aromatic rings. The molecule has 106 valence electrons. The third kappa shape index (κ3) is 3.70. The summed E-state index contributed by atoms with van der Waals surface area (Å²) < 4.78 is 24.3. The van der Waals surface area contributed by atoms with Gasteiger partial charge in [-0.3, -0.25) is 9.10 Å². The summed E-state index contributed by atoms with van der Waals surface area (Å²) >= 11 is 0. The first-order valence-corrected chi connectivity index (χ1v) is 7.83. The number of nitrogens with one attached hydrogen (secondary N) is 1. The van der Waals surface area contributed by atoms with Crippen molar-refractivity contribution < 1.29 is 13.2 Å². The van der Waals surface area contributed by atoms with Crippen LogP contribution in [0.4, 0.5) is 5.69 Å². The topological polar surface area (TPSA) is 66.5 Å². The van der Waals surface area contributed by atoms with Crippen molar-refractivity contribution in [3.63, 3.8) is 0 Å². The molecular weight excluding hydrogens is 264 g/mol. The lowest BCUT2D eigenvalue weighted by molar-refractivity contribution is 0.0942. The molecule has 1 N–H and O–H groups in total. The van der Waals surface area contributed by atoms with Crippen molar-refractivity contribution in [3.8, 4) is 0 Å². The molecule has 0 fully saturated rings. The normalized spacial score (nSPS) is 11.5. The quantitative estimate of drug-likeness (QED) is 0.911. The van der Waals surface area contributed by atoms with E-state index in [1.807, 2.05) is 13.8 Å². The Morgan fingerprint density at radius 1 is 1.32 bits per heavy atom. The average Bonchev–Trinajstić information content (AvgIpc) is 2.26. The second kappa shape index (κ2) is 5.61. The molecule has 1 aromatic carbocycles. The number of hydrogen-bond acceptors (Lipinski definition) is 3. The van der Waals surface area contributed by atoms with Gasteiger partial charge < -0.3 is 5.32 Å². The molecule has 0 aromatic heterocycles. The van der Waals surface area contributed by atoms with Gasteiger partial charge in [0.15, 0.2) is 0 Å². The molecule has 0 unspecified atom stereocenters. The largest absolute Gasteiger partial charge is 0.350 e. The molecule has 0 aliphatic heterocycles. The summed E-state index contributed by atoms with van der Waals surface area (Å²) in [5, 5.41) is 2.80. The molecule has 0 atom stereocenters. The van der Waals surface area contributed by atoms with Gasteiger partial charge in [-0.1, -0.05) is 6.07 Å². The first-order valence-electron chi connectivity index (χ1n) is 5.99. The molecule has 0 bridgehead atoms. The maximum absolute atomic E-state index is 12.0. The van der Waals surface area contributed by atoms with E-state index in [0.717, 1.165) is 6.26 Å². The molecule has 1 amide bonds. The Hall–Kier alpha value is -1.56. The summed E-state index contributed by atoms with van der Waals surface area (Å²) in [4.78, 5) is 12.0. The first kappa shape index (κ1) is 15.5. The summed E-state index contributed by atoms with van der Waals surface area (Å²) in [6.07, 6.45) is 1.13. The zero-order chi connectivity index (χ0) is 14.8. The number of rotatable bonds is 4. The van der Waals surface area contributed by atoms with Crippen molar-refractivity contribution in [1.29, 1.82) is 0 Å². The monoisotopic (exact) mass is 284 g/mol. The summed E-state index contributed by atoms with van der Waals surface area (Å²) in [6, 6.07) is 5.08. The SMILES string of the molecule is Cc1c(C(=O)NC(C)C)cccc1N(C)S(C)(=O)=O. The number of amides is 1. The van der Waals surface area contributed by atoms with Crippen molar-refractivity contribution in [2.24, 2.45) is 0 Å². The van der Waals surface area contributed by atoms with Gasteiger partial charge in [-0.05, 0) is 38.5 Å². The van der Waals surface area contributed by atoms with E-state index in [9.17, 15) is 13.2 Å². The number of hydrogen-bond donors (Lipinski definition) is 1. The van der Waals surface area contributed by atoms with Crippen molar-refractivity contribution in [3.05, 3.63) is 29.3 Å². The molecule has 6 heteroatoms. The lowest BCUT2D eigenvalue weighted by atomic mass is 10.1. The van der Waals surface area contributed by atoms with E-state index in [-0.39, 0.29) is 11.9 Å². The maximum Gasteiger partial charge on any atom is 0.251 e. The zero-order valence-electron chi connectivity index (χ0n) is 11.9. The van der Waals surface area contributed by atoms with Crippen LogP contribution in [0.3, 0.4) is 0 Å². The van der Waals surface area contributed by atoms with Gasteiger partial charge in [0, 0.05) is 18.7 Å². The molecule has 0 aliphatic carbocycles. The van der Waals surface area contributed by atoms with E-state index < -0.39 is 10.0 Å². The van der Waals surface area contributed by atoms with Gasteiger partial charge >= 0.3 is 0 Å². The highest BCUT2D eigenvalue weighted by Gasteiger charge is 2.18. The Kier molecular flexibility index (Phi) is 4.57. The maximum atomic E-state index is 12.0. The molecule has 0 aliphatic rings. The number of carbonyl (C=O) groups excluding carboxylic acids is 1. The van der Waals surface area contributed by atoms with E-state index in [2.05, 4.69) is 5.32 Å². The Labute approximate surface area is 114 Å². The summed E-state index contributed by atoms with van der Waals surface area (Å²) in [7, 11) is -1.87. The van der Waals surface area contributed by atoms with Gasteiger partial charge in [0.1, 0.15) is 0 Å². The minimum atomic E-state index is -3.34. The highest BCUT2D eigenvalue weighted by atomic mass is 32.2. The van der Waals surface area contributed by atoms with Crippen LogP contribution in [0.25, 0.3) is 0 Å². The van der Waals surface area contributed by atoms with Crippen LogP contribution in [-0.4, -0.2) is 33.7 Å². The van der Waals surface area contributed by atoms with E-state index in [1.54, 1.807) is 25.1 Å². The average molecular weight is 284 g/mol.